The van der Waals surface area contributed by atoms with Gasteiger partial charge in [0.15, 0.2) is 0 Å². The molecule has 5 aromatic rings. The van der Waals surface area contributed by atoms with Gasteiger partial charge in [-0.1, -0.05) is 17.7 Å². The fraction of sp³-hybridized carbons (Fsp3) is 0.241. The van der Waals surface area contributed by atoms with Gasteiger partial charge in [0.25, 0.3) is 0 Å². The number of rotatable bonds is 9. The van der Waals surface area contributed by atoms with Crippen LogP contribution in [0.4, 0.5) is 8.78 Å². The maximum Gasteiger partial charge on any atom is 0.335 e. The molecule has 1 fully saturated rings. The molecule has 0 aliphatic carbocycles. The van der Waals surface area contributed by atoms with E-state index in [1.54, 1.807) is 37.4 Å². The summed E-state index contributed by atoms with van der Waals surface area (Å²) in [5.41, 5.74) is 2.18. The molecule has 0 unspecified atom stereocenters. The van der Waals surface area contributed by atoms with Gasteiger partial charge in [-0.2, -0.15) is 5.10 Å². The molecule has 1 N–H and O–H groups in total. The quantitative estimate of drug-likeness (QED) is 0.249. The van der Waals surface area contributed by atoms with Crippen molar-refractivity contribution in [2.24, 2.45) is 7.05 Å². The molecule has 210 valence electrons. The van der Waals surface area contributed by atoms with E-state index >= 15 is 8.78 Å². The Kier molecular flexibility index (Phi) is 7.14. The number of fused-ring (bicyclic) bond motifs is 1. The average molecular weight is 580 g/mol. The number of aryl methyl sites for hydroxylation is 1. The van der Waals surface area contributed by atoms with E-state index in [0.29, 0.717) is 40.9 Å². The Morgan fingerprint density at radius 3 is 2.68 bits per heavy atom. The number of imidazole rings is 1. The number of hydrogen-bond acceptors (Lipinski definition) is 6. The fourth-order valence-corrected chi connectivity index (χ4v) is 4.89. The second kappa shape index (κ2) is 10.9. The van der Waals surface area contributed by atoms with Crippen LogP contribution in [0.15, 0.2) is 54.6 Å². The molecular formula is C29H24ClF2N5O4. The molecule has 0 amide bonds. The van der Waals surface area contributed by atoms with Crippen molar-refractivity contribution < 1.29 is 28.2 Å². The van der Waals surface area contributed by atoms with E-state index in [-0.39, 0.29) is 47.4 Å². The number of aromatic carboxylic acids is 1. The number of aromatic nitrogens is 5. The summed E-state index contributed by atoms with van der Waals surface area (Å²) in [6, 6.07) is 13.4. The molecule has 0 spiro atoms. The van der Waals surface area contributed by atoms with E-state index < -0.39 is 17.6 Å². The first-order chi connectivity index (χ1) is 19.7. The van der Waals surface area contributed by atoms with Crippen molar-refractivity contribution in [3.05, 3.63) is 94.0 Å². The maximum absolute atomic E-state index is 15.4. The maximum atomic E-state index is 15.4. The van der Waals surface area contributed by atoms with Crippen molar-refractivity contribution in [1.29, 1.82) is 0 Å². The normalized spacial score (nSPS) is 14.8. The minimum atomic E-state index is -1.06. The zero-order chi connectivity index (χ0) is 28.7. The highest BCUT2D eigenvalue weighted by Crippen LogP contribution is 2.29. The Labute approximate surface area is 237 Å². The summed E-state index contributed by atoms with van der Waals surface area (Å²) in [6.07, 6.45) is 0.787. The van der Waals surface area contributed by atoms with Crippen molar-refractivity contribution in [2.45, 2.75) is 32.1 Å². The molecule has 6 rings (SSSR count). The van der Waals surface area contributed by atoms with Crippen LogP contribution in [0.2, 0.25) is 5.15 Å². The molecule has 4 heterocycles. The Morgan fingerprint density at radius 2 is 1.98 bits per heavy atom. The van der Waals surface area contributed by atoms with Crippen molar-refractivity contribution in [1.82, 2.24) is 24.3 Å². The molecule has 1 aliphatic heterocycles. The van der Waals surface area contributed by atoms with Gasteiger partial charge >= 0.3 is 5.97 Å². The number of carboxylic acid groups (broad SMARTS) is 1. The van der Waals surface area contributed by atoms with Gasteiger partial charge in [0.05, 0.1) is 34.9 Å². The van der Waals surface area contributed by atoms with Crippen molar-refractivity contribution in [3.8, 4) is 17.1 Å². The van der Waals surface area contributed by atoms with Crippen LogP contribution >= 0.6 is 11.6 Å². The van der Waals surface area contributed by atoms with Gasteiger partial charge in [0.2, 0.25) is 5.88 Å². The van der Waals surface area contributed by atoms with Gasteiger partial charge in [-0.25, -0.2) is 23.5 Å². The van der Waals surface area contributed by atoms with E-state index in [0.717, 1.165) is 18.6 Å². The molecule has 0 radical (unpaired) electrons. The molecule has 9 nitrogen and oxygen atoms in total. The Bertz CT molecular complexity index is 1760. The highest BCUT2D eigenvalue weighted by Gasteiger charge is 2.23. The lowest BCUT2D eigenvalue weighted by atomic mass is 10.0. The van der Waals surface area contributed by atoms with Gasteiger partial charge in [0, 0.05) is 37.8 Å². The second-order valence-corrected chi connectivity index (χ2v) is 10.1. The number of ether oxygens (including phenoxy) is 2. The topological polar surface area (TPSA) is 104 Å². The van der Waals surface area contributed by atoms with Crippen molar-refractivity contribution in [2.75, 3.05) is 6.61 Å². The molecule has 0 bridgehead atoms. The third kappa shape index (κ3) is 5.50. The van der Waals surface area contributed by atoms with E-state index in [1.165, 1.54) is 16.8 Å². The van der Waals surface area contributed by atoms with Gasteiger partial charge in [-0.3, -0.25) is 4.68 Å². The SMILES string of the molecule is Cn1nc(COc2cccc(-c3cc(F)c(Cc4nc5ccc(C(=O)O)cc5n4C[C@@H]4CCO4)cc3F)n2)cc1Cl. The molecule has 1 saturated heterocycles. The number of carboxylic acids is 1. The van der Waals surface area contributed by atoms with Crippen LogP contribution in [-0.2, 0) is 31.4 Å². The van der Waals surface area contributed by atoms with E-state index in [9.17, 15) is 9.90 Å². The minimum absolute atomic E-state index is 0.00392. The van der Waals surface area contributed by atoms with Crippen LogP contribution in [0, 0.1) is 11.6 Å². The lowest BCUT2D eigenvalue weighted by molar-refractivity contribution is -0.0589. The lowest BCUT2D eigenvalue weighted by Crippen LogP contribution is -2.31. The second-order valence-electron chi connectivity index (χ2n) is 9.76. The number of halogens is 3. The summed E-state index contributed by atoms with van der Waals surface area (Å²) < 4.78 is 45.4. The van der Waals surface area contributed by atoms with E-state index in [2.05, 4.69) is 15.1 Å². The van der Waals surface area contributed by atoms with E-state index in [1.807, 2.05) is 4.57 Å². The zero-order valence-corrected chi connectivity index (χ0v) is 22.6. The molecule has 41 heavy (non-hydrogen) atoms. The highest BCUT2D eigenvalue weighted by molar-refractivity contribution is 6.29. The summed E-state index contributed by atoms with van der Waals surface area (Å²) >= 11 is 6.01. The van der Waals surface area contributed by atoms with Crippen LogP contribution in [0.3, 0.4) is 0 Å². The third-order valence-electron chi connectivity index (χ3n) is 6.98. The Morgan fingerprint density at radius 1 is 1.15 bits per heavy atom. The first kappa shape index (κ1) is 26.9. The monoisotopic (exact) mass is 579 g/mol. The summed E-state index contributed by atoms with van der Waals surface area (Å²) in [5.74, 6) is -1.63. The number of hydrogen-bond donors (Lipinski definition) is 1. The van der Waals surface area contributed by atoms with Gasteiger partial charge in [-0.05, 0) is 48.4 Å². The number of carbonyl (C=O) groups is 1. The number of benzene rings is 2. The number of pyridine rings is 1. The Balaban J connectivity index is 1.27. The summed E-state index contributed by atoms with van der Waals surface area (Å²) in [5, 5.41) is 14.1. The molecule has 2 aromatic carbocycles. The first-order valence-electron chi connectivity index (χ1n) is 12.9. The molecule has 12 heteroatoms. The predicted octanol–water partition coefficient (Wildman–Crippen LogP) is 5.42. The zero-order valence-electron chi connectivity index (χ0n) is 21.9. The summed E-state index contributed by atoms with van der Waals surface area (Å²) in [4.78, 5) is 20.5. The molecule has 3 aromatic heterocycles. The largest absolute Gasteiger partial charge is 0.478 e. The summed E-state index contributed by atoms with van der Waals surface area (Å²) in [6.45, 7) is 1.18. The first-order valence-corrected chi connectivity index (χ1v) is 13.2. The predicted molar refractivity (Wildman–Crippen MR) is 146 cm³/mol. The molecular weight excluding hydrogens is 556 g/mol. The Hall–Kier alpha value is -4.35. The van der Waals surface area contributed by atoms with Crippen LogP contribution in [0.1, 0.15) is 33.9 Å². The molecule has 1 aliphatic rings. The molecule has 1 atom stereocenters. The fourth-order valence-electron chi connectivity index (χ4n) is 4.73. The van der Waals surface area contributed by atoms with Crippen LogP contribution in [0.5, 0.6) is 5.88 Å². The average Bonchev–Trinajstić information content (AvgIpc) is 3.44. The van der Waals surface area contributed by atoms with Crippen LogP contribution in [-0.4, -0.2) is 48.1 Å². The highest BCUT2D eigenvalue weighted by atomic mass is 35.5. The smallest absolute Gasteiger partial charge is 0.335 e. The van der Waals surface area contributed by atoms with Crippen molar-refractivity contribution in [3.63, 3.8) is 0 Å². The van der Waals surface area contributed by atoms with Crippen LogP contribution < -0.4 is 4.74 Å². The molecule has 0 saturated carbocycles. The van der Waals surface area contributed by atoms with Gasteiger partial charge in [0.1, 0.15) is 34.9 Å². The summed E-state index contributed by atoms with van der Waals surface area (Å²) in [7, 11) is 1.71. The number of nitrogens with zero attached hydrogens (tertiary/aromatic N) is 5. The standard InChI is InChI=1S/C29H24ClF2N5O4/c1-36-26(30)12-18(35-36)15-41-28-4-2-3-23(34-28)20-13-21(31)17(9-22(20)32)11-27-33-24-6-5-16(29(38)39)10-25(24)37(27)14-19-7-8-40-19/h2-6,9-10,12-13,19H,7-8,11,14-15H2,1H3,(H,38,39)/t19-/m0/s1. The minimum Gasteiger partial charge on any atom is -0.478 e. The lowest BCUT2D eigenvalue weighted by Gasteiger charge is -2.27. The van der Waals surface area contributed by atoms with Gasteiger partial charge in [-0.15, -0.1) is 0 Å². The van der Waals surface area contributed by atoms with Crippen LogP contribution in [0.25, 0.3) is 22.3 Å². The third-order valence-corrected chi connectivity index (χ3v) is 7.33. The van der Waals surface area contributed by atoms with Crippen molar-refractivity contribution >= 4 is 28.6 Å². The van der Waals surface area contributed by atoms with E-state index in [4.69, 9.17) is 21.1 Å². The van der Waals surface area contributed by atoms with Gasteiger partial charge < -0.3 is 19.1 Å².